The van der Waals surface area contributed by atoms with Gasteiger partial charge in [0.15, 0.2) is 11.4 Å². The van der Waals surface area contributed by atoms with Crippen LogP contribution >= 0.6 is 0 Å². The van der Waals surface area contributed by atoms with Crippen LogP contribution in [0.25, 0.3) is 0 Å². The van der Waals surface area contributed by atoms with Crippen LogP contribution in [0.5, 0.6) is 5.75 Å². The SMILES string of the molecule is CCOC(=O)c1nccc2c1OCC2(C)C. The Hall–Kier alpha value is -1.58. The van der Waals surface area contributed by atoms with Crippen molar-refractivity contribution in [3.8, 4) is 5.75 Å². The maximum absolute atomic E-state index is 11.7. The topological polar surface area (TPSA) is 48.4 Å². The van der Waals surface area contributed by atoms with Crippen LogP contribution < -0.4 is 4.74 Å². The third-order valence-corrected chi connectivity index (χ3v) is 2.68. The number of nitrogens with zero attached hydrogens (tertiary/aromatic N) is 1. The minimum Gasteiger partial charge on any atom is -0.490 e. The second-order valence-corrected chi connectivity index (χ2v) is 4.43. The van der Waals surface area contributed by atoms with Crippen molar-refractivity contribution in [1.82, 2.24) is 4.98 Å². The van der Waals surface area contributed by atoms with Crippen molar-refractivity contribution in [2.45, 2.75) is 26.2 Å². The Morgan fingerprint density at radius 2 is 2.38 bits per heavy atom. The number of ether oxygens (including phenoxy) is 2. The van der Waals surface area contributed by atoms with E-state index in [4.69, 9.17) is 9.47 Å². The van der Waals surface area contributed by atoms with Gasteiger partial charge in [-0.1, -0.05) is 13.8 Å². The minimum absolute atomic E-state index is 0.0699. The molecule has 4 nitrogen and oxygen atoms in total. The summed E-state index contributed by atoms with van der Waals surface area (Å²) in [5.41, 5.74) is 1.23. The molecular formula is C12H15NO3. The van der Waals surface area contributed by atoms with Gasteiger partial charge in [0.2, 0.25) is 0 Å². The zero-order chi connectivity index (χ0) is 11.8. The number of rotatable bonds is 2. The van der Waals surface area contributed by atoms with Crippen LogP contribution in [0.4, 0.5) is 0 Å². The zero-order valence-corrected chi connectivity index (χ0v) is 9.74. The van der Waals surface area contributed by atoms with Crippen molar-refractivity contribution in [3.63, 3.8) is 0 Å². The molecule has 0 amide bonds. The van der Waals surface area contributed by atoms with Crippen molar-refractivity contribution in [3.05, 3.63) is 23.5 Å². The summed E-state index contributed by atoms with van der Waals surface area (Å²) < 4.78 is 10.5. The van der Waals surface area contributed by atoms with Gasteiger partial charge in [-0.2, -0.15) is 0 Å². The molecule has 16 heavy (non-hydrogen) atoms. The summed E-state index contributed by atoms with van der Waals surface area (Å²) in [6, 6.07) is 1.89. The average molecular weight is 221 g/mol. The molecule has 0 spiro atoms. The van der Waals surface area contributed by atoms with E-state index in [1.54, 1.807) is 13.1 Å². The van der Waals surface area contributed by atoms with Gasteiger partial charge in [-0.3, -0.25) is 0 Å². The summed E-state index contributed by atoms with van der Waals surface area (Å²) in [6.07, 6.45) is 1.63. The van der Waals surface area contributed by atoms with Gasteiger partial charge < -0.3 is 9.47 Å². The van der Waals surface area contributed by atoms with Gasteiger partial charge in [0.1, 0.15) is 0 Å². The Morgan fingerprint density at radius 3 is 3.06 bits per heavy atom. The number of esters is 1. The molecule has 1 aromatic rings. The van der Waals surface area contributed by atoms with Gasteiger partial charge in [0.05, 0.1) is 13.2 Å². The van der Waals surface area contributed by atoms with Crippen LogP contribution in [-0.4, -0.2) is 24.2 Å². The molecule has 1 aliphatic heterocycles. The molecule has 1 aromatic heterocycles. The fourth-order valence-electron chi connectivity index (χ4n) is 1.80. The molecule has 4 heteroatoms. The number of aromatic nitrogens is 1. The predicted molar refractivity (Wildman–Crippen MR) is 58.7 cm³/mol. The lowest BCUT2D eigenvalue weighted by Crippen LogP contribution is -2.18. The average Bonchev–Trinajstić information content (AvgIpc) is 2.55. The lowest BCUT2D eigenvalue weighted by atomic mass is 9.87. The van der Waals surface area contributed by atoms with E-state index in [1.165, 1.54) is 0 Å². The number of carbonyl (C=O) groups excluding carboxylic acids is 1. The van der Waals surface area contributed by atoms with Crippen molar-refractivity contribution in [2.75, 3.05) is 13.2 Å². The Kier molecular flexibility index (Phi) is 2.58. The molecule has 1 aliphatic rings. The molecule has 0 radical (unpaired) electrons. The number of hydrogen-bond donors (Lipinski definition) is 0. The summed E-state index contributed by atoms with van der Waals surface area (Å²) in [4.78, 5) is 15.7. The third kappa shape index (κ3) is 1.64. The highest BCUT2D eigenvalue weighted by Crippen LogP contribution is 2.39. The fourth-order valence-corrected chi connectivity index (χ4v) is 1.80. The van der Waals surface area contributed by atoms with E-state index < -0.39 is 5.97 Å². The molecule has 2 rings (SSSR count). The summed E-state index contributed by atoms with van der Waals surface area (Å²) in [5, 5.41) is 0. The van der Waals surface area contributed by atoms with Crippen molar-refractivity contribution in [2.24, 2.45) is 0 Å². The first kappa shape index (κ1) is 10.9. The molecule has 0 aromatic carbocycles. The van der Waals surface area contributed by atoms with E-state index in [-0.39, 0.29) is 11.1 Å². The lowest BCUT2D eigenvalue weighted by Gasteiger charge is -2.14. The number of fused-ring (bicyclic) bond motifs is 1. The van der Waals surface area contributed by atoms with E-state index >= 15 is 0 Å². The molecule has 0 saturated carbocycles. The van der Waals surface area contributed by atoms with E-state index in [9.17, 15) is 4.79 Å². The van der Waals surface area contributed by atoms with E-state index in [2.05, 4.69) is 18.8 Å². The number of carbonyl (C=O) groups is 1. The Balaban J connectivity index is 2.44. The Morgan fingerprint density at radius 1 is 1.62 bits per heavy atom. The third-order valence-electron chi connectivity index (χ3n) is 2.68. The first-order valence-electron chi connectivity index (χ1n) is 5.35. The van der Waals surface area contributed by atoms with Gasteiger partial charge in [0, 0.05) is 17.2 Å². The summed E-state index contributed by atoms with van der Waals surface area (Å²) >= 11 is 0. The largest absolute Gasteiger partial charge is 0.490 e. The second kappa shape index (κ2) is 3.77. The second-order valence-electron chi connectivity index (χ2n) is 4.43. The molecule has 86 valence electrons. The first-order chi connectivity index (χ1) is 7.56. The maximum atomic E-state index is 11.7. The van der Waals surface area contributed by atoms with Gasteiger partial charge in [-0.15, -0.1) is 0 Å². The van der Waals surface area contributed by atoms with Crippen LogP contribution in [0, 0.1) is 0 Å². The highest BCUT2D eigenvalue weighted by Gasteiger charge is 2.35. The van der Waals surface area contributed by atoms with Crippen LogP contribution in [-0.2, 0) is 10.2 Å². The van der Waals surface area contributed by atoms with Crippen LogP contribution in [0.15, 0.2) is 12.3 Å². The molecular weight excluding hydrogens is 206 g/mol. The molecule has 0 N–H and O–H groups in total. The van der Waals surface area contributed by atoms with E-state index in [0.717, 1.165) is 5.56 Å². The minimum atomic E-state index is -0.419. The quantitative estimate of drug-likeness (QED) is 0.716. The number of hydrogen-bond acceptors (Lipinski definition) is 4. The van der Waals surface area contributed by atoms with Gasteiger partial charge in [-0.25, -0.2) is 9.78 Å². The van der Waals surface area contributed by atoms with Crippen molar-refractivity contribution >= 4 is 5.97 Å². The van der Waals surface area contributed by atoms with Crippen molar-refractivity contribution in [1.29, 1.82) is 0 Å². The van der Waals surface area contributed by atoms with Crippen LogP contribution in [0.2, 0.25) is 0 Å². The maximum Gasteiger partial charge on any atom is 0.360 e. The Bertz CT molecular complexity index is 426. The first-order valence-corrected chi connectivity index (χ1v) is 5.35. The predicted octanol–water partition coefficient (Wildman–Crippen LogP) is 1.93. The fraction of sp³-hybridized carbons (Fsp3) is 0.500. The monoisotopic (exact) mass is 221 g/mol. The Labute approximate surface area is 94.6 Å². The van der Waals surface area contributed by atoms with Gasteiger partial charge in [0.25, 0.3) is 0 Å². The molecule has 2 heterocycles. The van der Waals surface area contributed by atoms with E-state index in [1.807, 2.05) is 6.07 Å². The van der Waals surface area contributed by atoms with Crippen LogP contribution in [0.1, 0.15) is 36.8 Å². The summed E-state index contributed by atoms with van der Waals surface area (Å²) in [7, 11) is 0. The highest BCUT2D eigenvalue weighted by molar-refractivity contribution is 5.91. The van der Waals surface area contributed by atoms with Gasteiger partial charge >= 0.3 is 5.97 Å². The molecule has 0 aliphatic carbocycles. The molecule has 0 saturated heterocycles. The molecule has 0 unspecified atom stereocenters. The molecule has 0 fully saturated rings. The lowest BCUT2D eigenvalue weighted by molar-refractivity contribution is 0.0515. The van der Waals surface area contributed by atoms with Gasteiger partial charge in [-0.05, 0) is 13.0 Å². The highest BCUT2D eigenvalue weighted by atomic mass is 16.5. The molecule has 0 bridgehead atoms. The summed E-state index contributed by atoms with van der Waals surface area (Å²) in [5.74, 6) is 0.156. The van der Waals surface area contributed by atoms with Crippen molar-refractivity contribution < 1.29 is 14.3 Å². The summed E-state index contributed by atoms with van der Waals surface area (Å²) in [6.45, 7) is 6.83. The zero-order valence-electron chi connectivity index (χ0n) is 9.74. The smallest absolute Gasteiger partial charge is 0.360 e. The number of pyridine rings is 1. The van der Waals surface area contributed by atoms with E-state index in [0.29, 0.717) is 19.0 Å². The normalized spacial score (nSPS) is 16.4. The van der Waals surface area contributed by atoms with Crippen LogP contribution in [0.3, 0.4) is 0 Å². The molecule has 0 atom stereocenters. The standard InChI is InChI=1S/C12H15NO3/c1-4-15-11(14)9-10-8(5-6-13-9)12(2,3)7-16-10/h5-6H,4,7H2,1-3H3.